The maximum absolute atomic E-state index is 6.47. The normalized spacial score (nSPS) is 25.3. The molecule has 2 aromatic rings. The zero-order valence-electron chi connectivity index (χ0n) is 14.2. The van der Waals surface area contributed by atoms with Crippen molar-refractivity contribution in [1.29, 1.82) is 0 Å². The van der Waals surface area contributed by atoms with Crippen LogP contribution in [0.2, 0.25) is 0 Å². The molecule has 1 saturated heterocycles. The smallest absolute Gasteiger partial charge is 0.131 e. The Labute approximate surface area is 139 Å². The summed E-state index contributed by atoms with van der Waals surface area (Å²) < 4.78 is 13.6. The van der Waals surface area contributed by atoms with E-state index in [1.807, 2.05) is 12.1 Å². The van der Waals surface area contributed by atoms with Gasteiger partial charge in [-0.2, -0.15) is 0 Å². The molecular formula is C20H26NO2+. The van der Waals surface area contributed by atoms with E-state index in [0.717, 1.165) is 11.0 Å². The summed E-state index contributed by atoms with van der Waals surface area (Å²) in [5.74, 6) is 0. The predicted molar refractivity (Wildman–Crippen MR) is 92.1 cm³/mol. The Morgan fingerprint density at radius 1 is 0.826 bits per heavy atom. The second-order valence-corrected chi connectivity index (χ2v) is 7.23. The van der Waals surface area contributed by atoms with Crippen molar-refractivity contribution >= 4 is 0 Å². The van der Waals surface area contributed by atoms with Crippen LogP contribution in [-0.2, 0) is 9.47 Å². The van der Waals surface area contributed by atoms with Gasteiger partial charge in [-0.15, -0.1) is 0 Å². The van der Waals surface area contributed by atoms with Crippen LogP contribution in [0.1, 0.15) is 23.3 Å². The number of ether oxygens (including phenoxy) is 2. The van der Waals surface area contributed by atoms with Crippen molar-refractivity contribution in [2.45, 2.75) is 18.3 Å². The molecule has 0 N–H and O–H groups in total. The molecule has 122 valence electrons. The largest absolute Gasteiger partial charge is 0.367 e. The Bertz CT molecular complexity index is 607. The van der Waals surface area contributed by atoms with E-state index in [2.05, 4.69) is 69.7 Å². The maximum atomic E-state index is 6.47. The second kappa shape index (κ2) is 6.83. The Balaban J connectivity index is 1.86. The van der Waals surface area contributed by atoms with E-state index in [0.29, 0.717) is 6.61 Å². The highest BCUT2D eigenvalue weighted by Gasteiger charge is 2.36. The minimum absolute atomic E-state index is 0.0534. The number of quaternary nitrogens is 1. The van der Waals surface area contributed by atoms with Crippen LogP contribution in [0.25, 0.3) is 0 Å². The van der Waals surface area contributed by atoms with Gasteiger partial charge in [-0.25, -0.2) is 0 Å². The van der Waals surface area contributed by atoms with Crippen LogP contribution in [0.15, 0.2) is 60.7 Å². The van der Waals surface area contributed by atoms with Crippen LogP contribution in [-0.4, -0.2) is 44.9 Å². The van der Waals surface area contributed by atoms with Crippen molar-refractivity contribution in [1.82, 2.24) is 0 Å². The Hall–Kier alpha value is -1.68. The molecule has 0 aliphatic carbocycles. The molecule has 23 heavy (non-hydrogen) atoms. The molecule has 0 radical (unpaired) electrons. The second-order valence-electron chi connectivity index (χ2n) is 7.23. The first kappa shape index (κ1) is 16.2. The van der Waals surface area contributed by atoms with Gasteiger partial charge in [-0.05, 0) is 11.1 Å². The highest BCUT2D eigenvalue weighted by molar-refractivity contribution is 5.25. The minimum Gasteiger partial charge on any atom is -0.367 e. The monoisotopic (exact) mass is 312 g/mol. The lowest BCUT2D eigenvalue weighted by molar-refractivity contribution is -0.874. The summed E-state index contributed by atoms with van der Waals surface area (Å²) in [5, 5.41) is 0. The van der Waals surface area contributed by atoms with Gasteiger partial charge in [0.2, 0.25) is 0 Å². The van der Waals surface area contributed by atoms with Crippen molar-refractivity contribution < 1.29 is 14.0 Å². The standard InChI is InChI=1S/C20H26NO2/c1-21(2,3)14-18-15-22-19(16-10-6-4-7-11-16)20(23-18)17-12-8-5-9-13-17/h4-13,18-20H,14-15H2,1-3H3/q+1/t18-,19+,20+/m1/s1. The van der Waals surface area contributed by atoms with Crippen LogP contribution in [0, 0.1) is 0 Å². The fourth-order valence-corrected chi connectivity index (χ4v) is 3.13. The first-order chi connectivity index (χ1) is 11.0. The van der Waals surface area contributed by atoms with Gasteiger partial charge in [-0.1, -0.05) is 60.7 Å². The molecule has 0 aromatic heterocycles. The van der Waals surface area contributed by atoms with Gasteiger partial charge >= 0.3 is 0 Å². The molecule has 0 saturated carbocycles. The average molecular weight is 312 g/mol. The molecule has 1 aliphatic heterocycles. The fraction of sp³-hybridized carbons (Fsp3) is 0.400. The molecule has 3 heteroatoms. The van der Waals surface area contributed by atoms with Crippen molar-refractivity contribution in [3.63, 3.8) is 0 Å². The van der Waals surface area contributed by atoms with Gasteiger partial charge in [0.1, 0.15) is 24.9 Å². The third-order valence-electron chi connectivity index (χ3n) is 4.08. The van der Waals surface area contributed by atoms with Crippen LogP contribution in [0.3, 0.4) is 0 Å². The maximum Gasteiger partial charge on any atom is 0.131 e. The van der Waals surface area contributed by atoms with E-state index in [9.17, 15) is 0 Å². The topological polar surface area (TPSA) is 18.5 Å². The number of hydrogen-bond acceptors (Lipinski definition) is 2. The quantitative estimate of drug-likeness (QED) is 0.803. The SMILES string of the molecule is C[N+](C)(C)C[C@@H]1CO[C@@H](c2ccccc2)[C@H](c2ccccc2)O1. The molecule has 1 aliphatic rings. The number of benzene rings is 2. The molecule has 0 bridgehead atoms. The van der Waals surface area contributed by atoms with E-state index in [1.54, 1.807) is 0 Å². The van der Waals surface area contributed by atoms with E-state index in [1.165, 1.54) is 11.1 Å². The summed E-state index contributed by atoms with van der Waals surface area (Å²) in [4.78, 5) is 0. The Morgan fingerprint density at radius 2 is 1.35 bits per heavy atom. The Kier molecular flexibility index (Phi) is 4.81. The average Bonchev–Trinajstić information content (AvgIpc) is 2.55. The third-order valence-corrected chi connectivity index (χ3v) is 4.08. The van der Waals surface area contributed by atoms with Gasteiger partial charge in [0, 0.05) is 0 Å². The van der Waals surface area contributed by atoms with Crippen molar-refractivity contribution in [2.24, 2.45) is 0 Å². The van der Waals surface area contributed by atoms with Crippen molar-refractivity contribution in [3.05, 3.63) is 71.8 Å². The van der Waals surface area contributed by atoms with Crippen LogP contribution in [0.5, 0.6) is 0 Å². The molecule has 0 spiro atoms. The lowest BCUT2D eigenvalue weighted by Gasteiger charge is -2.39. The van der Waals surface area contributed by atoms with Gasteiger partial charge in [0.15, 0.2) is 0 Å². The molecule has 0 unspecified atom stereocenters. The van der Waals surface area contributed by atoms with E-state index >= 15 is 0 Å². The van der Waals surface area contributed by atoms with Crippen molar-refractivity contribution in [2.75, 3.05) is 34.3 Å². The fourth-order valence-electron chi connectivity index (χ4n) is 3.13. The summed E-state index contributed by atoms with van der Waals surface area (Å²) in [6.07, 6.45) is -0.00798. The first-order valence-electron chi connectivity index (χ1n) is 8.20. The summed E-state index contributed by atoms with van der Waals surface area (Å²) >= 11 is 0. The lowest BCUT2D eigenvalue weighted by atomic mass is 9.96. The molecule has 3 atom stereocenters. The molecular weight excluding hydrogens is 286 g/mol. The van der Waals surface area contributed by atoms with E-state index < -0.39 is 0 Å². The summed E-state index contributed by atoms with van der Waals surface area (Å²) in [5.41, 5.74) is 2.34. The highest BCUT2D eigenvalue weighted by Crippen LogP contribution is 2.39. The number of rotatable bonds is 4. The summed E-state index contributed by atoms with van der Waals surface area (Å²) in [6.45, 7) is 1.57. The van der Waals surface area contributed by atoms with Gasteiger partial charge in [0.25, 0.3) is 0 Å². The molecule has 3 nitrogen and oxygen atoms in total. The zero-order chi connectivity index (χ0) is 16.3. The molecule has 1 heterocycles. The highest BCUT2D eigenvalue weighted by atomic mass is 16.6. The summed E-state index contributed by atoms with van der Waals surface area (Å²) in [6, 6.07) is 20.8. The van der Waals surface area contributed by atoms with Crippen LogP contribution < -0.4 is 0 Å². The molecule has 1 fully saturated rings. The molecule has 3 rings (SSSR count). The summed E-state index contributed by atoms with van der Waals surface area (Å²) in [7, 11) is 6.55. The molecule has 0 amide bonds. The van der Waals surface area contributed by atoms with Gasteiger partial charge < -0.3 is 14.0 Å². The predicted octanol–water partition coefficient (Wildman–Crippen LogP) is 3.59. The lowest BCUT2D eigenvalue weighted by Crippen LogP contribution is -2.47. The first-order valence-corrected chi connectivity index (χ1v) is 8.20. The van der Waals surface area contributed by atoms with Crippen LogP contribution >= 0.6 is 0 Å². The molecule has 2 aromatic carbocycles. The number of likely N-dealkylation sites (N-methyl/N-ethyl adjacent to an activating group) is 1. The van der Waals surface area contributed by atoms with E-state index in [-0.39, 0.29) is 18.3 Å². The minimum atomic E-state index is -0.0658. The van der Waals surface area contributed by atoms with Crippen molar-refractivity contribution in [3.8, 4) is 0 Å². The third kappa shape index (κ3) is 4.20. The van der Waals surface area contributed by atoms with E-state index in [4.69, 9.17) is 9.47 Å². The number of nitrogens with zero attached hydrogens (tertiary/aromatic N) is 1. The van der Waals surface area contributed by atoms with Gasteiger partial charge in [0.05, 0.1) is 27.7 Å². The number of hydrogen-bond donors (Lipinski definition) is 0. The Morgan fingerprint density at radius 3 is 1.87 bits per heavy atom. The zero-order valence-corrected chi connectivity index (χ0v) is 14.2. The van der Waals surface area contributed by atoms with Gasteiger partial charge in [-0.3, -0.25) is 0 Å². The van der Waals surface area contributed by atoms with Crippen LogP contribution in [0.4, 0.5) is 0 Å².